The lowest BCUT2D eigenvalue weighted by molar-refractivity contribution is 0.395. The van der Waals surface area contributed by atoms with Gasteiger partial charge < -0.3 is 15.5 Å². The lowest BCUT2D eigenvalue weighted by Crippen LogP contribution is -2.28. The Bertz CT molecular complexity index is 435. The highest BCUT2D eigenvalue weighted by molar-refractivity contribution is 7.80. The van der Waals surface area contributed by atoms with Crippen molar-refractivity contribution in [1.29, 1.82) is 0 Å². The van der Waals surface area contributed by atoms with E-state index < -0.39 is 0 Å². The summed E-state index contributed by atoms with van der Waals surface area (Å²) in [6.07, 6.45) is 1.26. The molecule has 0 bridgehead atoms. The summed E-state index contributed by atoms with van der Waals surface area (Å²) in [5.74, 6) is 1.66. The van der Waals surface area contributed by atoms with Crippen LogP contribution < -0.4 is 10.6 Å². The molecule has 0 aliphatic carbocycles. The zero-order valence-electron chi connectivity index (χ0n) is 11.0. The zero-order valence-corrected chi connectivity index (χ0v) is 11.8. The van der Waals surface area contributed by atoms with Crippen LogP contribution in [0.25, 0.3) is 0 Å². The first-order valence-electron chi connectivity index (χ1n) is 6.23. The standard InChI is InChI=1S/C13H20N4S/c1-16-7-6-10(8-16)9-17(2)12-5-3-4-11(15-12)13(14)18/h3-5,10H,6-9H2,1-2H3,(H2,14,18). The van der Waals surface area contributed by atoms with E-state index in [1.165, 1.54) is 19.5 Å². The summed E-state index contributed by atoms with van der Waals surface area (Å²) < 4.78 is 0. The third-order valence-electron chi connectivity index (χ3n) is 3.40. The van der Waals surface area contributed by atoms with Crippen molar-refractivity contribution in [3.8, 4) is 0 Å². The summed E-state index contributed by atoms with van der Waals surface area (Å²) in [4.78, 5) is 9.39. The molecular weight excluding hydrogens is 244 g/mol. The quantitative estimate of drug-likeness (QED) is 0.825. The summed E-state index contributed by atoms with van der Waals surface area (Å²) in [5, 5.41) is 0. The Kier molecular flexibility index (Phi) is 4.14. The van der Waals surface area contributed by atoms with Crippen LogP contribution in [-0.4, -0.2) is 48.6 Å². The van der Waals surface area contributed by atoms with Crippen LogP contribution in [0.3, 0.4) is 0 Å². The molecule has 1 saturated heterocycles. The van der Waals surface area contributed by atoms with E-state index in [1.807, 2.05) is 18.2 Å². The first kappa shape index (κ1) is 13.2. The smallest absolute Gasteiger partial charge is 0.129 e. The van der Waals surface area contributed by atoms with Crippen molar-refractivity contribution in [1.82, 2.24) is 9.88 Å². The van der Waals surface area contributed by atoms with Gasteiger partial charge in [0.25, 0.3) is 0 Å². The molecule has 98 valence electrons. The van der Waals surface area contributed by atoms with Gasteiger partial charge >= 0.3 is 0 Å². The van der Waals surface area contributed by atoms with Crippen molar-refractivity contribution in [3.05, 3.63) is 23.9 Å². The highest BCUT2D eigenvalue weighted by Gasteiger charge is 2.21. The highest BCUT2D eigenvalue weighted by Crippen LogP contribution is 2.18. The van der Waals surface area contributed by atoms with Gasteiger partial charge in [-0.25, -0.2) is 4.98 Å². The molecule has 4 nitrogen and oxygen atoms in total. The Hall–Kier alpha value is -1.20. The van der Waals surface area contributed by atoms with Crippen molar-refractivity contribution in [2.45, 2.75) is 6.42 Å². The number of hydrogen-bond donors (Lipinski definition) is 1. The Morgan fingerprint density at radius 1 is 1.61 bits per heavy atom. The minimum atomic E-state index is 0.353. The fourth-order valence-corrected chi connectivity index (χ4v) is 2.54. The van der Waals surface area contributed by atoms with Gasteiger partial charge in [-0.15, -0.1) is 0 Å². The molecule has 2 heterocycles. The molecule has 5 heteroatoms. The zero-order chi connectivity index (χ0) is 13.1. The summed E-state index contributed by atoms with van der Waals surface area (Å²) in [7, 11) is 4.25. The predicted molar refractivity (Wildman–Crippen MR) is 79.0 cm³/mol. The van der Waals surface area contributed by atoms with E-state index in [1.54, 1.807) is 0 Å². The van der Waals surface area contributed by atoms with Crippen molar-refractivity contribution < 1.29 is 0 Å². The van der Waals surface area contributed by atoms with E-state index in [-0.39, 0.29) is 0 Å². The van der Waals surface area contributed by atoms with E-state index in [0.717, 1.165) is 18.3 Å². The SMILES string of the molecule is CN1CCC(CN(C)c2cccc(C(N)=S)n2)C1. The highest BCUT2D eigenvalue weighted by atomic mass is 32.1. The first-order chi connectivity index (χ1) is 8.56. The molecule has 0 radical (unpaired) electrons. The van der Waals surface area contributed by atoms with Crippen LogP contribution in [0.5, 0.6) is 0 Å². The van der Waals surface area contributed by atoms with Gasteiger partial charge in [-0.2, -0.15) is 0 Å². The molecule has 0 amide bonds. The normalized spacial score (nSPS) is 20.0. The number of likely N-dealkylation sites (tertiary alicyclic amines) is 1. The summed E-state index contributed by atoms with van der Waals surface area (Å²) >= 11 is 4.96. The maximum atomic E-state index is 5.61. The molecule has 0 aromatic carbocycles. The number of hydrogen-bond acceptors (Lipinski definition) is 4. The van der Waals surface area contributed by atoms with Gasteiger partial charge in [-0.05, 0) is 38.1 Å². The van der Waals surface area contributed by atoms with Gasteiger partial charge in [0, 0.05) is 20.1 Å². The lowest BCUT2D eigenvalue weighted by atomic mass is 10.1. The van der Waals surface area contributed by atoms with E-state index in [4.69, 9.17) is 18.0 Å². The van der Waals surface area contributed by atoms with E-state index >= 15 is 0 Å². The number of aromatic nitrogens is 1. The molecule has 0 spiro atoms. The van der Waals surface area contributed by atoms with Crippen molar-refractivity contribution in [3.63, 3.8) is 0 Å². The third kappa shape index (κ3) is 3.17. The van der Waals surface area contributed by atoms with E-state index in [2.05, 4.69) is 28.9 Å². The van der Waals surface area contributed by atoms with Crippen molar-refractivity contribution in [2.24, 2.45) is 11.7 Å². The van der Waals surface area contributed by atoms with Crippen LogP contribution in [0.15, 0.2) is 18.2 Å². The Morgan fingerprint density at radius 3 is 3.00 bits per heavy atom. The summed E-state index contributed by atoms with van der Waals surface area (Å²) in [6.45, 7) is 3.39. The second kappa shape index (κ2) is 5.63. The van der Waals surface area contributed by atoms with Crippen LogP contribution in [0, 0.1) is 5.92 Å². The first-order valence-corrected chi connectivity index (χ1v) is 6.63. The molecular formula is C13H20N4S. The molecule has 1 aliphatic heterocycles. The Labute approximate surface area is 114 Å². The van der Waals surface area contributed by atoms with Gasteiger partial charge in [-0.1, -0.05) is 18.3 Å². The molecule has 2 rings (SSSR count). The number of anilines is 1. The molecule has 0 saturated carbocycles. The monoisotopic (exact) mass is 264 g/mol. The second-order valence-electron chi connectivity index (χ2n) is 5.04. The van der Waals surface area contributed by atoms with Gasteiger partial charge in [0.2, 0.25) is 0 Å². The van der Waals surface area contributed by atoms with Crippen molar-refractivity contribution >= 4 is 23.0 Å². The minimum Gasteiger partial charge on any atom is -0.388 e. The van der Waals surface area contributed by atoms with Crippen LogP contribution in [0.4, 0.5) is 5.82 Å². The molecule has 2 N–H and O–H groups in total. The van der Waals surface area contributed by atoms with Crippen LogP contribution >= 0.6 is 12.2 Å². The number of pyridine rings is 1. The molecule has 1 aromatic heterocycles. The largest absolute Gasteiger partial charge is 0.388 e. The average molecular weight is 264 g/mol. The minimum absolute atomic E-state index is 0.353. The van der Waals surface area contributed by atoms with Gasteiger partial charge in [-0.3, -0.25) is 0 Å². The number of thiocarbonyl (C=S) groups is 1. The third-order valence-corrected chi connectivity index (χ3v) is 3.61. The van der Waals surface area contributed by atoms with Gasteiger partial charge in [0.1, 0.15) is 10.8 Å². The Balaban J connectivity index is 2.02. The molecule has 1 fully saturated rings. The van der Waals surface area contributed by atoms with Crippen LogP contribution in [-0.2, 0) is 0 Å². The molecule has 1 aromatic rings. The summed E-state index contributed by atoms with van der Waals surface area (Å²) in [6, 6.07) is 5.80. The van der Waals surface area contributed by atoms with E-state index in [0.29, 0.717) is 10.7 Å². The fraction of sp³-hybridized carbons (Fsp3) is 0.538. The van der Waals surface area contributed by atoms with Crippen LogP contribution in [0.2, 0.25) is 0 Å². The summed E-state index contributed by atoms with van der Waals surface area (Å²) in [5.41, 5.74) is 6.30. The second-order valence-corrected chi connectivity index (χ2v) is 5.48. The van der Waals surface area contributed by atoms with Crippen LogP contribution in [0.1, 0.15) is 12.1 Å². The fourth-order valence-electron chi connectivity index (χ4n) is 2.43. The lowest BCUT2D eigenvalue weighted by Gasteiger charge is -2.22. The molecule has 1 atom stereocenters. The number of nitrogens with two attached hydrogens (primary N) is 1. The molecule has 18 heavy (non-hydrogen) atoms. The van der Waals surface area contributed by atoms with Gasteiger partial charge in [0.05, 0.1) is 5.69 Å². The average Bonchev–Trinajstić information content (AvgIpc) is 2.75. The maximum absolute atomic E-state index is 5.61. The topological polar surface area (TPSA) is 45.4 Å². The predicted octanol–water partition coefficient (Wildman–Crippen LogP) is 1.10. The number of rotatable bonds is 4. The van der Waals surface area contributed by atoms with Gasteiger partial charge in [0.15, 0.2) is 0 Å². The van der Waals surface area contributed by atoms with Crippen molar-refractivity contribution in [2.75, 3.05) is 38.6 Å². The molecule has 1 aliphatic rings. The maximum Gasteiger partial charge on any atom is 0.129 e. The molecule has 1 unspecified atom stereocenters. The number of nitrogens with zero attached hydrogens (tertiary/aromatic N) is 3. The Morgan fingerprint density at radius 2 is 2.39 bits per heavy atom. The van der Waals surface area contributed by atoms with E-state index in [9.17, 15) is 0 Å².